The number of anilines is 2. The minimum absolute atomic E-state index is 0.223. The van der Waals surface area contributed by atoms with Crippen LogP contribution >= 0.6 is 23.1 Å². The van der Waals surface area contributed by atoms with E-state index in [1.54, 1.807) is 6.20 Å². The number of piperidine rings is 1. The van der Waals surface area contributed by atoms with Crippen molar-refractivity contribution in [3.8, 4) is 0 Å². The molecule has 1 N–H and O–H groups in total. The summed E-state index contributed by atoms with van der Waals surface area (Å²) in [5.41, 5.74) is 2.53. The van der Waals surface area contributed by atoms with Gasteiger partial charge < -0.3 is 10.1 Å². The third-order valence-corrected chi connectivity index (χ3v) is 6.79. The highest BCUT2D eigenvalue weighted by Crippen LogP contribution is 2.37. The van der Waals surface area contributed by atoms with E-state index in [-0.39, 0.29) is 5.92 Å². The molecule has 0 bridgehead atoms. The van der Waals surface area contributed by atoms with Gasteiger partial charge in [-0.25, -0.2) is 14.4 Å². The molecule has 152 valence electrons. The molecule has 6 nitrogen and oxygen atoms in total. The van der Waals surface area contributed by atoms with Gasteiger partial charge in [0.2, 0.25) is 5.95 Å². The summed E-state index contributed by atoms with van der Waals surface area (Å²) in [5, 5.41) is 5.47. The standard InChI is InChI=1S/C20H21ClFN5OS/c1-11-4-19(29-26-11)25-20-23-7-12-5-16(21)15(6-18(12)24-20)14-2-3-27(8-17(14)22)13-9-28-10-13/h4-7,13-14,17H,2-3,8-10H2,1H3,(H,23,24,25). The highest BCUT2D eigenvalue weighted by atomic mass is 35.5. The molecule has 0 aliphatic carbocycles. The molecule has 1 aromatic carbocycles. The second kappa shape index (κ2) is 7.75. The van der Waals surface area contributed by atoms with Crippen molar-refractivity contribution in [2.24, 2.45) is 0 Å². The van der Waals surface area contributed by atoms with Crippen molar-refractivity contribution in [2.45, 2.75) is 31.5 Å². The van der Waals surface area contributed by atoms with Gasteiger partial charge in [0.1, 0.15) is 11.2 Å². The molecule has 2 unspecified atom stereocenters. The molecule has 2 saturated heterocycles. The fraction of sp³-hybridized carbons (Fsp3) is 0.450. The summed E-state index contributed by atoms with van der Waals surface area (Å²) in [6, 6.07) is 6.06. The normalized spacial score (nSPS) is 23.3. The van der Waals surface area contributed by atoms with Gasteiger partial charge in [-0.15, -0.1) is 0 Å². The Morgan fingerprint density at radius 2 is 2.17 bits per heavy atom. The third-order valence-electron chi connectivity index (χ3n) is 5.67. The molecule has 2 fully saturated rings. The first kappa shape index (κ1) is 19.1. The highest BCUT2D eigenvalue weighted by Gasteiger charge is 2.36. The molecule has 29 heavy (non-hydrogen) atoms. The molecule has 2 aromatic heterocycles. The molecular weight excluding hydrogens is 413 g/mol. The summed E-state index contributed by atoms with van der Waals surface area (Å²) in [7, 11) is 0. The summed E-state index contributed by atoms with van der Waals surface area (Å²) < 4.78 is 24.6. The van der Waals surface area contributed by atoms with E-state index in [0.29, 0.717) is 36.8 Å². The molecule has 2 atom stereocenters. The molecule has 0 amide bonds. The second-order valence-corrected chi connectivity index (χ2v) is 8.89. The molecular formula is C20H21ClFN5OS. The van der Waals surface area contributed by atoms with E-state index in [2.05, 4.69) is 24.6 Å². The van der Waals surface area contributed by atoms with Crippen LogP contribution in [0, 0.1) is 6.92 Å². The van der Waals surface area contributed by atoms with E-state index in [1.807, 2.05) is 25.1 Å². The van der Waals surface area contributed by atoms with Gasteiger partial charge in [0.05, 0.1) is 30.5 Å². The lowest BCUT2D eigenvalue weighted by Crippen LogP contribution is -2.54. The lowest BCUT2D eigenvalue weighted by molar-refractivity contribution is -0.0806. The fourth-order valence-corrected chi connectivity index (χ4v) is 4.96. The van der Waals surface area contributed by atoms with Crippen molar-refractivity contribution in [1.82, 2.24) is 19.2 Å². The number of aromatic nitrogens is 3. The maximum atomic E-state index is 15.1. The van der Waals surface area contributed by atoms with Crippen LogP contribution in [-0.4, -0.2) is 57.8 Å². The molecule has 9 heteroatoms. The Balaban J connectivity index is 1.40. The number of alkyl halides is 1. The largest absolute Gasteiger partial charge is 0.378 e. The van der Waals surface area contributed by atoms with Gasteiger partial charge >= 0.3 is 0 Å². The number of rotatable bonds is 4. The summed E-state index contributed by atoms with van der Waals surface area (Å²) in [4.78, 5) is 11.2. The Labute approximate surface area is 177 Å². The van der Waals surface area contributed by atoms with Crippen LogP contribution in [0.3, 0.4) is 0 Å². The first-order valence-corrected chi connectivity index (χ1v) is 10.8. The molecule has 0 saturated carbocycles. The Morgan fingerprint density at radius 1 is 1.31 bits per heavy atom. The van der Waals surface area contributed by atoms with Crippen molar-refractivity contribution >= 4 is 45.0 Å². The Kier molecular flexibility index (Phi) is 5.11. The van der Waals surface area contributed by atoms with Crippen LogP contribution in [0.5, 0.6) is 0 Å². The van der Waals surface area contributed by atoms with Crippen LogP contribution in [0.15, 0.2) is 24.4 Å². The molecule has 5 rings (SSSR count). The second-order valence-electron chi connectivity index (χ2n) is 7.68. The molecule has 3 aromatic rings. The molecule has 2 aliphatic rings. The first-order chi connectivity index (χ1) is 14.1. The lowest BCUT2D eigenvalue weighted by Gasteiger charge is -2.43. The van der Waals surface area contributed by atoms with Crippen LogP contribution in [0.25, 0.3) is 10.9 Å². The summed E-state index contributed by atoms with van der Waals surface area (Å²) in [5.74, 6) is 0.269. The van der Waals surface area contributed by atoms with E-state index >= 15 is 4.39 Å². The van der Waals surface area contributed by atoms with Gasteiger partial charge in [0, 0.05) is 29.1 Å². The number of nitrogens with zero attached hydrogens (tertiary/aromatic N) is 4. The summed E-state index contributed by atoms with van der Waals surface area (Å²) in [6.07, 6.45) is 1.51. The number of aryl methyl sites for hydroxylation is 1. The highest BCUT2D eigenvalue weighted by molar-refractivity contribution is 7.10. The number of nitrogens with one attached hydrogen (secondary N) is 1. The minimum Gasteiger partial charge on any atom is -0.378 e. The van der Waals surface area contributed by atoms with Gasteiger partial charge in [-0.2, -0.15) is 4.37 Å². The number of fused-ring (bicyclic) bond motifs is 1. The monoisotopic (exact) mass is 433 g/mol. The zero-order valence-corrected chi connectivity index (χ0v) is 17.5. The average Bonchev–Trinajstić information content (AvgIpc) is 3.05. The van der Waals surface area contributed by atoms with E-state index in [0.717, 1.165) is 40.1 Å². The smallest absolute Gasteiger partial charge is 0.228 e. The topological polar surface area (TPSA) is 63.2 Å². The number of hydrogen-bond donors (Lipinski definition) is 1. The van der Waals surface area contributed by atoms with Crippen molar-refractivity contribution in [3.05, 3.63) is 40.7 Å². The van der Waals surface area contributed by atoms with Gasteiger partial charge in [-0.1, -0.05) is 11.6 Å². The van der Waals surface area contributed by atoms with Gasteiger partial charge in [-0.3, -0.25) is 4.90 Å². The van der Waals surface area contributed by atoms with Crippen LogP contribution in [0.4, 0.5) is 15.3 Å². The molecule has 0 radical (unpaired) electrons. The molecule has 0 spiro atoms. The molecule has 2 aliphatic heterocycles. The van der Waals surface area contributed by atoms with Crippen LogP contribution in [0.1, 0.15) is 23.6 Å². The number of likely N-dealkylation sites (tertiary alicyclic amines) is 1. The Morgan fingerprint density at radius 3 is 2.86 bits per heavy atom. The minimum atomic E-state index is -0.959. The summed E-state index contributed by atoms with van der Waals surface area (Å²) >= 11 is 7.90. The lowest BCUT2D eigenvalue weighted by atomic mass is 9.86. The number of halogens is 2. The van der Waals surface area contributed by atoms with Crippen molar-refractivity contribution in [3.63, 3.8) is 0 Å². The van der Waals surface area contributed by atoms with E-state index in [1.165, 1.54) is 11.5 Å². The Bertz CT molecular complexity index is 1040. The third kappa shape index (κ3) is 3.82. The quantitative estimate of drug-likeness (QED) is 0.661. The zero-order valence-electron chi connectivity index (χ0n) is 15.9. The molecule has 4 heterocycles. The SMILES string of the molecule is Cc1cc(Nc2ncc3cc(Cl)c(C4CCN(C5COC5)CC4F)cc3n2)sn1. The van der Waals surface area contributed by atoms with E-state index in [9.17, 15) is 0 Å². The number of hydrogen-bond acceptors (Lipinski definition) is 7. The number of ether oxygens (including phenoxy) is 1. The predicted octanol–water partition coefficient (Wildman–Crippen LogP) is 4.32. The maximum absolute atomic E-state index is 15.1. The number of benzene rings is 1. The maximum Gasteiger partial charge on any atom is 0.228 e. The van der Waals surface area contributed by atoms with Gasteiger partial charge in [0.15, 0.2) is 0 Å². The van der Waals surface area contributed by atoms with Crippen LogP contribution in [-0.2, 0) is 4.74 Å². The van der Waals surface area contributed by atoms with Gasteiger partial charge in [0.25, 0.3) is 0 Å². The fourth-order valence-electron chi connectivity index (χ4n) is 3.99. The van der Waals surface area contributed by atoms with Crippen LogP contribution in [0.2, 0.25) is 5.02 Å². The predicted molar refractivity (Wildman–Crippen MR) is 113 cm³/mol. The summed E-state index contributed by atoms with van der Waals surface area (Å²) in [6.45, 7) is 4.64. The van der Waals surface area contributed by atoms with Crippen LogP contribution < -0.4 is 5.32 Å². The first-order valence-electron chi connectivity index (χ1n) is 9.69. The zero-order chi connectivity index (χ0) is 20.0. The van der Waals surface area contributed by atoms with Crippen molar-refractivity contribution in [2.75, 3.05) is 31.6 Å². The van der Waals surface area contributed by atoms with Crippen molar-refractivity contribution in [1.29, 1.82) is 0 Å². The van der Waals surface area contributed by atoms with Gasteiger partial charge in [-0.05, 0) is 55.2 Å². The average molecular weight is 434 g/mol. The van der Waals surface area contributed by atoms with E-state index in [4.69, 9.17) is 16.3 Å². The van der Waals surface area contributed by atoms with E-state index < -0.39 is 6.17 Å². The van der Waals surface area contributed by atoms with Crippen molar-refractivity contribution < 1.29 is 9.13 Å². The Hall–Kier alpha value is -1.87.